The van der Waals surface area contributed by atoms with Gasteiger partial charge in [-0.05, 0) is 54.3 Å². The number of hydrogen-bond donors (Lipinski definition) is 0. The van der Waals surface area contributed by atoms with Crippen LogP contribution in [0.15, 0.2) is 52.3 Å². The lowest BCUT2D eigenvalue weighted by molar-refractivity contribution is 0.0391. The monoisotopic (exact) mass is 636 g/mol. The van der Waals surface area contributed by atoms with Gasteiger partial charge in [0.05, 0.1) is 33.2 Å². The van der Waals surface area contributed by atoms with Crippen molar-refractivity contribution in [1.82, 2.24) is 14.2 Å². The molecule has 0 atom stereocenters. The smallest absolute Gasteiger partial charge is 0.260 e. The van der Waals surface area contributed by atoms with Crippen molar-refractivity contribution in [2.45, 2.75) is 37.5 Å². The van der Waals surface area contributed by atoms with Gasteiger partial charge in [0.25, 0.3) is 5.91 Å². The van der Waals surface area contributed by atoms with Crippen LogP contribution in [0.4, 0.5) is 5.13 Å². The topological polar surface area (TPSA) is 117 Å². The van der Waals surface area contributed by atoms with Crippen LogP contribution >= 0.6 is 11.3 Å². The molecule has 3 aromatic rings. The lowest BCUT2D eigenvalue weighted by Crippen LogP contribution is -2.43. The largest absolute Gasteiger partial charge is 0.379 e. The van der Waals surface area contributed by atoms with E-state index in [0.717, 1.165) is 19.3 Å². The Morgan fingerprint density at radius 1 is 0.952 bits per heavy atom. The first-order valence-corrected chi connectivity index (χ1v) is 18.2. The number of sulfonamides is 1. The predicted molar refractivity (Wildman–Crippen MR) is 167 cm³/mol. The Morgan fingerprint density at radius 3 is 2.12 bits per heavy atom. The maximum Gasteiger partial charge on any atom is 0.260 e. The number of rotatable bonds is 12. The van der Waals surface area contributed by atoms with E-state index in [-0.39, 0.29) is 27.5 Å². The minimum Gasteiger partial charge on any atom is -0.379 e. The van der Waals surface area contributed by atoms with Crippen molar-refractivity contribution >= 4 is 52.5 Å². The highest BCUT2D eigenvalue weighted by Gasteiger charge is 2.28. The third kappa shape index (κ3) is 7.94. The predicted octanol–water partition coefficient (Wildman–Crippen LogP) is 3.98. The van der Waals surface area contributed by atoms with Gasteiger partial charge < -0.3 is 4.74 Å². The summed E-state index contributed by atoms with van der Waals surface area (Å²) in [5, 5.41) is 0.450. The van der Waals surface area contributed by atoms with E-state index in [0.29, 0.717) is 60.3 Å². The van der Waals surface area contributed by atoms with Gasteiger partial charge in [0.1, 0.15) is 0 Å². The molecule has 13 heteroatoms. The van der Waals surface area contributed by atoms with E-state index in [1.807, 2.05) is 27.7 Å². The third-order valence-corrected chi connectivity index (χ3v) is 10.9. The van der Waals surface area contributed by atoms with Crippen LogP contribution in [0.5, 0.6) is 0 Å². The number of fused-ring (bicyclic) bond motifs is 1. The number of aromatic nitrogens is 1. The zero-order valence-electron chi connectivity index (χ0n) is 24.8. The molecule has 230 valence electrons. The van der Waals surface area contributed by atoms with E-state index in [9.17, 15) is 21.6 Å². The molecule has 1 aromatic heterocycles. The standard InChI is InChI=1S/C29H40N4O6S3/c1-21(2)19-32(20-22(3)4)42(37,38)24-8-6-23(7-9-24)28(34)33(13-12-31-14-16-39-17-15-31)29-30-26-11-10-25(41(5,35)36)18-27(26)40-29/h6-11,18,21-22H,12-17,19-20H2,1-5H3. The summed E-state index contributed by atoms with van der Waals surface area (Å²) in [6.45, 7) is 12.5. The molecule has 2 heterocycles. The Balaban J connectivity index is 1.64. The molecule has 1 aliphatic heterocycles. The highest BCUT2D eigenvalue weighted by atomic mass is 32.2. The number of morpholine rings is 1. The molecule has 0 saturated carbocycles. The van der Waals surface area contributed by atoms with Crippen LogP contribution in [0.25, 0.3) is 10.2 Å². The van der Waals surface area contributed by atoms with Gasteiger partial charge in [0, 0.05) is 51.1 Å². The molecule has 0 unspecified atom stereocenters. The number of amides is 1. The van der Waals surface area contributed by atoms with Crippen molar-refractivity contribution in [3.05, 3.63) is 48.0 Å². The second-order valence-corrected chi connectivity index (χ2v) is 16.4. The van der Waals surface area contributed by atoms with Crippen LogP contribution in [0, 0.1) is 11.8 Å². The number of carbonyl (C=O) groups excluding carboxylic acids is 1. The fourth-order valence-electron chi connectivity index (χ4n) is 4.75. The molecule has 1 aliphatic rings. The Kier molecular flexibility index (Phi) is 10.4. The van der Waals surface area contributed by atoms with Gasteiger partial charge in [-0.3, -0.25) is 14.6 Å². The fraction of sp³-hybridized carbons (Fsp3) is 0.517. The summed E-state index contributed by atoms with van der Waals surface area (Å²) in [5.41, 5.74) is 0.940. The first-order chi connectivity index (χ1) is 19.8. The summed E-state index contributed by atoms with van der Waals surface area (Å²) < 4.78 is 58.8. The zero-order chi connectivity index (χ0) is 30.7. The number of thiazole rings is 1. The Hall–Kier alpha value is -2.42. The van der Waals surface area contributed by atoms with Crippen molar-refractivity contribution in [1.29, 1.82) is 0 Å². The van der Waals surface area contributed by atoms with Crippen LogP contribution in [0.1, 0.15) is 38.1 Å². The summed E-state index contributed by atoms with van der Waals surface area (Å²) in [4.78, 5) is 22.7. The van der Waals surface area contributed by atoms with Gasteiger partial charge in [-0.2, -0.15) is 4.31 Å². The molecule has 1 fully saturated rings. The molecule has 42 heavy (non-hydrogen) atoms. The first-order valence-electron chi connectivity index (χ1n) is 14.1. The van der Waals surface area contributed by atoms with E-state index >= 15 is 0 Å². The first kappa shape index (κ1) is 32.5. The Bertz CT molecular complexity index is 1590. The molecule has 1 saturated heterocycles. The lowest BCUT2D eigenvalue weighted by atomic mass is 10.2. The Morgan fingerprint density at radius 2 is 1.55 bits per heavy atom. The summed E-state index contributed by atoms with van der Waals surface area (Å²) in [6.07, 6.45) is 1.16. The zero-order valence-corrected chi connectivity index (χ0v) is 27.3. The van der Waals surface area contributed by atoms with Crippen molar-refractivity contribution in [3.8, 4) is 0 Å². The molecule has 10 nitrogen and oxygen atoms in total. The highest BCUT2D eigenvalue weighted by Crippen LogP contribution is 2.32. The number of hydrogen-bond acceptors (Lipinski definition) is 9. The molecular weight excluding hydrogens is 597 g/mol. The van der Waals surface area contributed by atoms with Crippen molar-refractivity contribution in [3.63, 3.8) is 0 Å². The third-order valence-electron chi connectivity index (χ3n) is 6.87. The molecule has 0 aliphatic carbocycles. The summed E-state index contributed by atoms with van der Waals surface area (Å²) in [5.74, 6) is 0.0271. The highest BCUT2D eigenvalue weighted by molar-refractivity contribution is 7.90. The van der Waals surface area contributed by atoms with E-state index in [2.05, 4.69) is 9.88 Å². The van der Waals surface area contributed by atoms with Crippen molar-refractivity contribution < 1.29 is 26.4 Å². The maximum atomic E-state index is 13.9. The molecule has 0 bridgehead atoms. The molecule has 0 radical (unpaired) electrons. The fourth-order valence-corrected chi connectivity index (χ4v) is 8.27. The normalized spacial score (nSPS) is 15.2. The van der Waals surface area contributed by atoms with E-state index in [1.165, 1.54) is 33.8 Å². The summed E-state index contributed by atoms with van der Waals surface area (Å²) >= 11 is 1.25. The average Bonchev–Trinajstić information content (AvgIpc) is 3.35. The van der Waals surface area contributed by atoms with E-state index in [4.69, 9.17) is 4.74 Å². The number of carbonyl (C=O) groups is 1. The number of benzene rings is 2. The van der Waals surface area contributed by atoms with Gasteiger partial charge in [0.15, 0.2) is 15.0 Å². The molecule has 1 amide bonds. The maximum absolute atomic E-state index is 13.9. The quantitative estimate of drug-likeness (QED) is 0.293. The van der Waals surface area contributed by atoms with Crippen molar-refractivity contribution in [2.24, 2.45) is 11.8 Å². The van der Waals surface area contributed by atoms with Gasteiger partial charge in [-0.25, -0.2) is 21.8 Å². The van der Waals surface area contributed by atoms with Crippen LogP contribution in [0.2, 0.25) is 0 Å². The molecule has 0 N–H and O–H groups in total. The molecular formula is C29H40N4O6S3. The van der Waals surface area contributed by atoms with Crippen LogP contribution in [0.3, 0.4) is 0 Å². The second kappa shape index (κ2) is 13.5. The summed E-state index contributed by atoms with van der Waals surface area (Å²) in [6, 6.07) is 10.8. The number of sulfone groups is 1. The lowest BCUT2D eigenvalue weighted by Gasteiger charge is -2.29. The van der Waals surface area contributed by atoms with Crippen LogP contribution in [-0.4, -0.2) is 95.7 Å². The van der Waals surface area contributed by atoms with Gasteiger partial charge in [-0.1, -0.05) is 39.0 Å². The van der Waals surface area contributed by atoms with Crippen molar-refractivity contribution in [2.75, 3.05) is 63.6 Å². The second-order valence-electron chi connectivity index (χ2n) is 11.4. The minimum atomic E-state index is -3.73. The molecule has 2 aromatic carbocycles. The molecule has 0 spiro atoms. The van der Waals surface area contributed by atoms with Crippen LogP contribution < -0.4 is 4.90 Å². The average molecular weight is 637 g/mol. The van der Waals surface area contributed by atoms with Crippen LogP contribution in [-0.2, 0) is 24.6 Å². The number of ether oxygens (including phenoxy) is 1. The van der Waals surface area contributed by atoms with Gasteiger partial charge in [0.2, 0.25) is 10.0 Å². The number of anilines is 1. The summed E-state index contributed by atoms with van der Waals surface area (Å²) in [7, 11) is -7.13. The van der Waals surface area contributed by atoms with E-state index < -0.39 is 19.9 Å². The van der Waals surface area contributed by atoms with E-state index in [1.54, 1.807) is 29.2 Å². The SMILES string of the molecule is CC(C)CN(CC(C)C)S(=O)(=O)c1ccc(C(=O)N(CCN2CCOCC2)c2nc3ccc(S(C)(=O)=O)cc3s2)cc1. The Labute approximate surface area is 253 Å². The number of nitrogens with zero attached hydrogens (tertiary/aromatic N) is 4. The molecule has 4 rings (SSSR count). The van der Waals surface area contributed by atoms with Gasteiger partial charge >= 0.3 is 0 Å². The van der Waals surface area contributed by atoms with Gasteiger partial charge in [-0.15, -0.1) is 0 Å². The minimum absolute atomic E-state index is 0.147.